The van der Waals surface area contributed by atoms with Crippen molar-refractivity contribution in [2.45, 2.75) is 0 Å². The third-order valence-electron chi connectivity index (χ3n) is 14.0. The zero-order valence-electron chi connectivity index (χ0n) is 38.0. The number of aromatic nitrogens is 1. The van der Waals surface area contributed by atoms with E-state index in [0.717, 1.165) is 111 Å². The van der Waals surface area contributed by atoms with Gasteiger partial charge in [-0.05, 0) is 130 Å². The highest BCUT2D eigenvalue weighted by molar-refractivity contribution is 6.11. The van der Waals surface area contributed by atoms with Crippen LogP contribution in [0.2, 0.25) is 0 Å². The highest BCUT2D eigenvalue weighted by Crippen LogP contribution is 2.42. The van der Waals surface area contributed by atoms with Crippen LogP contribution >= 0.6 is 0 Å². The van der Waals surface area contributed by atoms with Gasteiger partial charge >= 0.3 is 0 Å². The molecule has 14 rings (SSSR count). The molecule has 70 heavy (non-hydrogen) atoms. The number of nitrogens with zero attached hydrogens (tertiary/aromatic N) is 2. The number of furan rings is 2. The van der Waals surface area contributed by atoms with E-state index in [1.807, 2.05) is 18.2 Å². The van der Waals surface area contributed by atoms with E-state index >= 15 is 0 Å². The average Bonchev–Trinajstić information content (AvgIpc) is 4.11. The SMILES string of the molecule is c1ccc(-c2cccc3c2oc2ccc(-c4ccc(N(c5ccc(-c6cccc(-n7c8ccccc8c8ccccc87)c6)cc5)c5ccc(-c6ccc7oc8ccccc8c7c6)cc5)cc4)cc23)cc1. The summed E-state index contributed by atoms with van der Waals surface area (Å²) in [6, 6.07) is 91.2. The molecule has 0 aliphatic heterocycles. The van der Waals surface area contributed by atoms with Crippen LogP contribution in [0.4, 0.5) is 17.1 Å². The summed E-state index contributed by atoms with van der Waals surface area (Å²) >= 11 is 0. The van der Waals surface area contributed by atoms with Crippen LogP contribution in [0.5, 0.6) is 0 Å². The molecule has 0 spiro atoms. The second kappa shape index (κ2) is 16.2. The van der Waals surface area contributed by atoms with Gasteiger partial charge in [0.15, 0.2) is 0 Å². The van der Waals surface area contributed by atoms with Gasteiger partial charge in [-0.1, -0.05) is 164 Å². The summed E-state index contributed by atoms with van der Waals surface area (Å²) in [6.07, 6.45) is 0. The van der Waals surface area contributed by atoms with E-state index in [9.17, 15) is 0 Å². The van der Waals surface area contributed by atoms with Gasteiger partial charge in [0.2, 0.25) is 0 Å². The molecule has 0 atom stereocenters. The number of rotatable bonds is 8. The molecule has 4 nitrogen and oxygen atoms in total. The molecule has 0 aliphatic rings. The molecule has 0 amide bonds. The Kier molecular flexibility index (Phi) is 9.17. The van der Waals surface area contributed by atoms with Crippen molar-refractivity contribution in [3.05, 3.63) is 255 Å². The van der Waals surface area contributed by atoms with Crippen LogP contribution < -0.4 is 4.90 Å². The van der Waals surface area contributed by atoms with Gasteiger partial charge in [0.05, 0.1) is 11.0 Å². The van der Waals surface area contributed by atoms with E-state index in [-0.39, 0.29) is 0 Å². The van der Waals surface area contributed by atoms with Gasteiger partial charge in [-0.15, -0.1) is 0 Å². The second-order valence-corrected chi connectivity index (χ2v) is 18.1. The fourth-order valence-corrected chi connectivity index (χ4v) is 10.6. The van der Waals surface area contributed by atoms with Crippen molar-refractivity contribution >= 4 is 82.7 Å². The van der Waals surface area contributed by atoms with E-state index in [4.69, 9.17) is 8.83 Å². The molecule has 0 radical (unpaired) electrons. The second-order valence-electron chi connectivity index (χ2n) is 18.1. The number of hydrogen-bond acceptors (Lipinski definition) is 3. The van der Waals surface area contributed by atoms with Crippen molar-refractivity contribution < 1.29 is 8.83 Å². The van der Waals surface area contributed by atoms with E-state index in [1.54, 1.807) is 0 Å². The Hall–Kier alpha value is -9.38. The van der Waals surface area contributed by atoms with Crippen LogP contribution in [0.15, 0.2) is 264 Å². The Labute approximate surface area is 404 Å². The summed E-state index contributed by atoms with van der Waals surface area (Å²) < 4.78 is 15.1. The number of anilines is 3. The quantitative estimate of drug-likeness (QED) is 0.152. The molecule has 3 heterocycles. The summed E-state index contributed by atoms with van der Waals surface area (Å²) in [6.45, 7) is 0. The van der Waals surface area contributed by atoms with Gasteiger partial charge in [-0.2, -0.15) is 0 Å². The Bertz CT molecular complexity index is 4220. The van der Waals surface area contributed by atoms with Crippen LogP contribution in [-0.4, -0.2) is 4.57 Å². The normalized spacial score (nSPS) is 11.7. The molecule has 14 aromatic rings. The van der Waals surface area contributed by atoms with Gasteiger partial charge < -0.3 is 18.3 Å². The maximum absolute atomic E-state index is 6.52. The summed E-state index contributed by atoms with van der Waals surface area (Å²) in [4.78, 5) is 2.34. The Balaban J connectivity index is 0.831. The predicted octanol–water partition coefficient (Wildman–Crippen LogP) is 18.7. The minimum atomic E-state index is 0.883. The highest BCUT2D eigenvalue weighted by Gasteiger charge is 2.18. The molecule has 11 aromatic carbocycles. The maximum Gasteiger partial charge on any atom is 0.143 e. The summed E-state index contributed by atoms with van der Waals surface area (Å²) in [7, 11) is 0. The molecule has 0 fully saturated rings. The Morgan fingerprint density at radius 2 is 0.714 bits per heavy atom. The lowest BCUT2D eigenvalue weighted by Gasteiger charge is -2.26. The molecular formula is C66H42N2O2. The van der Waals surface area contributed by atoms with Crippen LogP contribution in [0.3, 0.4) is 0 Å². The van der Waals surface area contributed by atoms with Crippen molar-refractivity contribution in [2.24, 2.45) is 0 Å². The zero-order chi connectivity index (χ0) is 46.1. The highest BCUT2D eigenvalue weighted by atomic mass is 16.3. The van der Waals surface area contributed by atoms with E-state index in [2.05, 4.69) is 246 Å². The minimum absolute atomic E-state index is 0.883. The van der Waals surface area contributed by atoms with Crippen molar-refractivity contribution in [3.63, 3.8) is 0 Å². The van der Waals surface area contributed by atoms with Gasteiger partial charge in [0.1, 0.15) is 22.3 Å². The van der Waals surface area contributed by atoms with Crippen LogP contribution in [0, 0.1) is 0 Å². The molecule has 0 bridgehead atoms. The first-order valence-electron chi connectivity index (χ1n) is 23.8. The third-order valence-corrected chi connectivity index (χ3v) is 14.0. The van der Waals surface area contributed by atoms with Crippen molar-refractivity contribution in [1.29, 1.82) is 0 Å². The Morgan fingerprint density at radius 3 is 1.33 bits per heavy atom. The molecule has 0 unspecified atom stereocenters. The topological polar surface area (TPSA) is 34.5 Å². The van der Waals surface area contributed by atoms with Gasteiger partial charge in [-0.25, -0.2) is 0 Å². The van der Waals surface area contributed by atoms with Gasteiger partial charge in [0, 0.05) is 60.6 Å². The number of hydrogen-bond donors (Lipinski definition) is 0. The monoisotopic (exact) mass is 894 g/mol. The summed E-state index contributed by atoms with van der Waals surface area (Å²) in [5.41, 5.74) is 19.4. The fraction of sp³-hybridized carbons (Fsp3) is 0. The standard InChI is InChI=1S/C66H42N2O2/c1-2-12-46(13-3-1)54-19-11-20-58-60-42-49(31-39-65(60)70-66(54)58)45-28-36-52(37-29-45)67(51-34-26-44(27-35-51)48-30-38-64-59(41-48)57-18-6-9-23-63(57)69-64)50-32-24-43(25-33-50)47-14-10-15-53(40-47)68-61-21-7-4-16-55(61)56-17-5-8-22-62(56)68/h1-42H. The largest absolute Gasteiger partial charge is 0.456 e. The first kappa shape index (κ1) is 39.8. The molecule has 0 aliphatic carbocycles. The van der Waals surface area contributed by atoms with Crippen molar-refractivity contribution in [1.82, 2.24) is 4.57 Å². The van der Waals surface area contributed by atoms with Gasteiger partial charge in [0.25, 0.3) is 0 Å². The molecule has 328 valence electrons. The zero-order valence-corrected chi connectivity index (χ0v) is 38.0. The van der Waals surface area contributed by atoms with Crippen molar-refractivity contribution in [3.8, 4) is 50.2 Å². The fourth-order valence-electron chi connectivity index (χ4n) is 10.6. The lowest BCUT2D eigenvalue weighted by molar-refractivity contribution is 0.669. The third kappa shape index (κ3) is 6.61. The average molecular weight is 895 g/mol. The molecule has 0 saturated carbocycles. The van der Waals surface area contributed by atoms with Crippen LogP contribution in [-0.2, 0) is 0 Å². The molecule has 0 N–H and O–H groups in total. The van der Waals surface area contributed by atoms with E-state index in [0.29, 0.717) is 0 Å². The van der Waals surface area contributed by atoms with Crippen LogP contribution in [0.1, 0.15) is 0 Å². The first-order chi connectivity index (χ1) is 34.7. The van der Waals surface area contributed by atoms with E-state index < -0.39 is 0 Å². The molecular weight excluding hydrogens is 853 g/mol. The number of para-hydroxylation sites is 4. The lowest BCUT2D eigenvalue weighted by Crippen LogP contribution is -2.09. The van der Waals surface area contributed by atoms with Crippen LogP contribution in [0.25, 0.3) is 116 Å². The summed E-state index contributed by atoms with van der Waals surface area (Å²) in [5, 5.41) is 6.99. The number of benzene rings is 11. The minimum Gasteiger partial charge on any atom is -0.456 e. The van der Waals surface area contributed by atoms with E-state index in [1.165, 1.54) is 21.8 Å². The lowest BCUT2D eigenvalue weighted by atomic mass is 9.99. The smallest absolute Gasteiger partial charge is 0.143 e. The Morgan fingerprint density at radius 1 is 0.271 bits per heavy atom. The van der Waals surface area contributed by atoms with Crippen molar-refractivity contribution in [2.75, 3.05) is 4.90 Å². The first-order valence-corrected chi connectivity index (χ1v) is 23.8. The predicted molar refractivity (Wildman–Crippen MR) is 292 cm³/mol. The molecule has 3 aromatic heterocycles. The molecule has 0 saturated heterocycles. The number of fused-ring (bicyclic) bond motifs is 9. The maximum atomic E-state index is 6.52. The van der Waals surface area contributed by atoms with Gasteiger partial charge in [-0.3, -0.25) is 0 Å². The summed E-state index contributed by atoms with van der Waals surface area (Å²) in [5.74, 6) is 0. The molecule has 4 heteroatoms.